The van der Waals surface area contributed by atoms with Crippen LogP contribution in [0, 0.1) is 23.7 Å². The second kappa shape index (κ2) is 11.6. The minimum Gasteiger partial charge on any atom is -0.508 e. The van der Waals surface area contributed by atoms with Crippen molar-refractivity contribution in [3.8, 4) is 23.0 Å². The third-order valence-corrected chi connectivity index (χ3v) is 9.60. The molecule has 0 bridgehead atoms. The highest BCUT2D eigenvalue weighted by Gasteiger charge is 2.55. The zero-order valence-electron chi connectivity index (χ0n) is 24.1. The van der Waals surface area contributed by atoms with Gasteiger partial charge >= 0.3 is 0 Å². The van der Waals surface area contributed by atoms with Crippen LogP contribution in [-0.4, -0.2) is 59.3 Å². The maximum Gasteiger partial charge on any atom is 0.233 e. The summed E-state index contributed by atoms with van der Waals surface area (Å²) in [5, 5.41) is 19.9. The van der Waals surface area contributed by atoms with Crippen molar-refractivity contribution in [3.63, 3.8) is 0 Å². The van der Waals surface area contributed by atoms with E-state index in [-0.39, 0.29) is 63.8 Å². The van der Waals surface area contributed by atoms with E-state index in [2.05, 4.69) is 15.9 Å². The first kappa shape index (κ1) is 29.6. The number of phenolic OH excluding ortho intramolecular Hbond substituents is 2. The molecule has 2 amide bonds. The molecule has 1 heterocycles. The van der Waals surface area contributed by atoms with Gasteiger partial charge in [0, 0.05) is 29.7 Å². The molecule has 4 atom stereocenters. The number of benzene rings is 2. The molecule has 2 N–H and O–H groups in total. The number of likely N-dealkylation sites (tertiary alicyclic amines) is 1. The zero-order chi connectivity index (χ0) is 31.3. The number of ketones is 2. The smallest absolute Gasteiger partial charge is 0.233 e. The van der Waals surface area contributed by atoms with E-state index in [0.717, 1.165) is 11.1 Å². The molecule has 226 valence electrons. The number of hydrogen-bond acceptors (Lipinski definition) is 8. The third-order valence-electron chi connectivity index (χ3n) is 9.01. The molecular weight excluding hydrogens is 630 g/mol. The minimum absolute atomic E-state index is 0.140. The fourth-order valence-electron chi connectivity index (χ4n) is 6.89. The molecule has 1 saturated heterocycles. The minimum atomic E-state index is -0.645. The van der Waals surface area contributed by atoms with Gasteiger partial charge in [-0.2, -0.15) is 0 Å². The summed E-state index contributed by atoms with van der Waals surface area (Å²) in [7, 11) is 2.86. The molecule has 0 saturated carbocycles. The first-order valence-corrected chi connectivity index (χ1v) is 15.1. The van der Waals surface area contributed by atoms with Gasteiger partial charge in [-0.15, -0.1) is 0 Å². The summed E-state index contributed by atoms with van der Waals surface area (Å²) in [5.41, 5.74) is 3.08. The Hall–Kier alpha value is -4.44. The van der Waals surface area contributed by atoms with Gasteiger partial charge in [-0.1, -0.05) is 35.9 Å². The number of halogens is 1. The lowest BCUT2D eigenvalue weighted by atomic mass is 9.61. The van der Waals surface area contributed by atoms with Gasteiger partial charge in [0.05, 0.1) is 30.5 Å². The number of fused-ring (bicyclic) bond motifs is 3. The predicted molar refractivity (Wildman–Crippen MR) is 164 cm³/mol. The fraction of sp³-hybridized carbons (Fsp3) is 0.294. The van der Waals surface area contributed by atoms with E-state index in [9.17, 15) is 29.4 Å². The molecule has 0 spiro atoms. The first-order chi connectivity index (χ1) is 21.1. The second-order valence-corrected chi connectivity index (χ2v) is 12.2. The van der Waals surface area contributed by atoms with E-state index in [0.29, 0.717) is 29.6 Å². The van der Waals surface area contributed by atoms with Gasteiger partial charge in [-0.05, 0) is 76.5 Å². The zero-order valence-corrected chi connectivity index (χ0v) is 25.7. The summed E-state index contributed by atoms with van der Waals surface area (Å²) in [5.74, 6) is -2.87. The Morgan fingerprint density at radius 3 is 2.32 bits per heavy atom. The number of Topliss-reactive ketones (excluding diaryl/α,β-unsaturated/α-hetero) is 1. The van der Waals surface area contributed by atoms with Crippen molar-refractivity contribution >= 4 is 45.4 Å². The highest BCUT2D eigenvalue weighted by Crippen LogP contribution is 2.53. The topological polar surface area (TPSA) is 130 Å². The number of phenols is 2. The molecule has 9 nitrogen and oxygen atoms in total. The van der Waals surface area contributed by atoms with Gasteiger partial charge in [0.1, 0.15) is 5.75 Å². The molecule has 2 aromatic carbocycles. The number of carbonyl (C=O) groups excluding carboxylic acids is 4. The number of rotatable bonds is 7. The van der Waals surface area contributed by atoms with Gasteiger partial charge < -0.3 is 19.7 Å². The monoisotopic (exact) mass is 659 g/mol. The average Bonchev–Trinajstić information content (AvgIpc) is 3.26. The SMILES string of the molecule is COc1cc(C=C[C@H]2C3=CC[C@@H]4C(=O)N(CCc5ccc(O)cc5)C(=O)[C@@H]4[C@@H]3CC3=C2C(=O)C=C(Br)C3=O)cc(OC)c1O. The normalized spacial score (nSPS) is 24.7. The molecule has 3 aliphatic carbocycles. The molecule has 44 heavy (non-hydrogen) atoms. The van der Waals surface area contributed by atoms with Crippen LogP contribution in [0.5, 0.6) is 23.0 Å². The Morgan fingerprint density at radius 1 is 0.977 bits per heavy atom. The van der Waals surface area contributed by atoms with Gasteiger partial charge in [-0.3, -0.25) is 24.1 Å². The Kier molecular flexibility index (Phi) is 7.79. The number of hydrogen-bond donors (Lipinski definition) is 2. The summed E-state index contributed by atoms with van der Waals surface area (Å²) >= 11 is 3.24. The Morgan fingerprint density at radius 2 is 1.66 bits per heavy atom. The summed E-state index contributed by atoms with van der Waals surface area (Å²) in [6.07, 6.45) is 7.83. The summed E-state index contributed by atoms with van der Waals surface area (Å²) < 4.78 is 10.7. The van der Waals surface area contributed by atoms with Crippen LogP contribution in [-0.2, 0) is 25.6 Å². The Labute approximate surface area is 262 Å². The van der Waals surface area contributed by atoms with Crippen molar-refractivity contribution in [2.75, 3.05) is 20.8 Å². The molecule has 0 aromatic heterocycles. The molecule has 1 aliphatic heterocycles. The van der Waals surface area contributed by atoms with E-state index in [1.165, 1.54) is 25.2 Å². The summed E-state index contributed by atoms with van der Waals surface area (Å²) in [4.78, 5) is 55.5. The number of allylic oxidation sites excluding steroid dienone is 7. The molecule has 1 fully saturated rings. The van der Waals surface area contributed by atoms with Gasteiger partial charge in [0.2, 0.25) is 17.6 Å². The molecule has 0 radical (unpaired) electrons. The number of amides is 2. The molecule has 0 unspecified atom stereocenters. The maximum absolute atomic E-state index is 13.9. The van der Waals surface area contributed by atoms with Crippen molar-refractivity contribution in [1.29, 1.82) is 0 Å². The van der Waals surface area contributed by atoms with Crippen LogP contribution < -0.4 is 9.47 Å². The van der Waals surface area contributed by atoms with Crippen molar-refractivity contribution in [2.45, 2.75) is 19.3 Å². The predicted octanol–water partition coefficient (Wildman–Crippen LogP) is 4.67. The fourth-order valence-corrected chi connectivity index (χ4v) is 7.34. The lowest BCUT2D eigenvalue weighted by Crippen LogP contribution is -2.40. The highest BCUT2D eigenvalue weighted by atomic mass is 79.9. The van der Waals surface area contributed by atoms with Crippen LogP contribution in [0.1, 0.15) is 24.0 Å². The van der Waals surface area contributed by atoms with E-state index >= 15 is 0 Å². The number of imide groups is 1. The summed E-state index contributed by atoms with van der Waals surface area (Å²) in [6.45, 7) is 0.213. The van der Waals surface area contributed by atoms with Gasteiger partial charge in [0.25, 0.3) is 0 Å². The molecule has 6 rings (SSSR count). The van der Waals surface area contributed by atoms with Crippen LogP contribution in [0.25, 0.3) is 6.08 Å². The van der Waals surface area contributed by atoms with Crippen LogP contribution in [0.3, 0.4) is 0 Å². The van der Waals surface area contributed by atoms with E-state index < -0.39 is 23.7 Å². The van der Waals surface area contributed by atoms with Crippen molar-refractivity contribution in [1.82, 2.24) is 4.90 Å². The van der Waals surface area contributed by atoms with E-state index in [1.807, 2.05) is 12.2 Å². The number of carbonyl (C=O) groups is 4. The highest BCUT2D eigenvalue weighted by molar-refractivity contribution is 9.12. The van der Waals surface area contributed by atoms with E-state index in [1.54, 1.807) is 42.5 Å². The first-order valence-electron chi connectivity index (χ1n) is 14.3. The number of aromatic hydroxyl groups is 2. The van der Waals surface area contributed by atoms with Crippen LogP contribution in [0.2, 0.25) is 0 Å². The average molecular weight is 661 g/mol. The van der Waals surface area contributed by atoms with Crippen LogP contribution in [0.4, 0.5) is 0 Å². The summed E-state index contributed by atoms with van der Waals surface area (Å²) in [6, 6.07) is 9.92. The lowest BCUT2D eigenvalue weighted by molar-refractivity contribution is -0.140. The molecule has 10 heteroatoms. The quantitative estimate of drug-likeness (QED) is 0.249. The largest absolute Gasteiger partial charge is 0.508 e. The Balaban J connectivity index is 1.35. The van der Waals surface area contributed by atoms with Gasteiger partial charge in [-0.25, -0.2) is 0 Å². The Bertz CT molecular complexity index is 1690. The van der Waals surface area contributed by atoms with Crippen molar-refractivity contribution in [2.24, 2.45) is 23.7 Å². The molecular formula is C34H30BrNO8. The standard InChI is InChI=1S/C34H30BrNO8/c1-43-27-13-18(14-28(44-2)32(27)40)5-8-21-20-9-10-22-30(23(20)15-24-29(21)26(38)16-25(35)31(24)39)34(42)36(33(22)41)12-11-17-3-6-19(37)7-4-17/h3-9,13-14,16,21-23,30,37,40H,10-12,15H2,1-2H3/t21-,22-,23+,30-/m0/s1. The third kappa shape index (κ3) is 4.96. The van der Waals surface area contributed by atoms with Crippen molar-refractivity contribution < 1.29 is 38.9 Å². The van der Waals surface area contributed by atoms with Gasteiger partial charge in [0.15, 0.2) is 23.1 Å². The maximum atomic E-state index is 13.9. The lowest BCUT2D eigenvalue weighted by Gasteiger charge is -2.41. The molecule has 2 aromatic rings. The van der Waals surface area contributed by atoms with Crippen LogP contribution in [0.15, 0.2) is 75.8 Å². The number of methoxy groups -OCH3 is 2. The number of ether oxygens (including phenoxy) is 2. The van der Waals surface area contributed by atoms with Crippen LogP contribution >= 0.6 is 15.9 Å². The second-order valence-electron chi connectivity index (χ2n) is 11.3. The van der Waals surface area contributed by atoms with E-state index in [4.69, 9.17) is 9.47 Å². The van der Waals surface area contributed by atoms with Crippen molar-refractivity contribution in [3.05, 3.63) is 87.0 Å². The number of nitrogens with zero attached hydrogens (tertiary/aromatic N) is 1. The molecule has 4 aliphatic rings.